The topological polar surface area (TPSA) is 56.7 Å². The lowest BCUT2D eigenvalue weighted by molar-refractivity contribution is -0.127. The molecule has 0 aromatic heterocycles. The number of halogens is 2. The summed E-state index contributed by atoms with van der Waals surface area (Å²) in [6.07, 6.45) is 5.08. The van der Waals surface area contributed by atoms with Crippen LogP contribution in [0.25, 0.3) is 0 Å². The molecule has 27 heavy (non-hydrogen) atoms. The van der Waals surface area contributed by atoms with Crippen LogP contribution in [0.3, 0.4) is 0 Å². The van der Waals surface area contributed by atoms with Gasteiger partial charge in [-0.05, 0) is 55.2 Å². The van der Waals surface area contributed by atoms with Crippen molar-refractivity contribution in [2.24, 2.45) is 16.8 Å². The number of hydrogen-bond donors (Lipinski definition) is 2. The van der Waals surface area contributed by atoms with Crippen molar-refractivity contribution in [1.82, 2.24) is 15.5 Å². The van der Waals surface area contributed by atoms with E-state index in [1.165, 1.54) is 31.7 Å². The summed E-state index contributed by atoms with van der Waals surface area (Å²) < 4.78 is 13.7. The lowest BCUT2D eigenvalue weighted by Gasteiger charge is -2.25. The summed E-state index contributed by atoms with van der Waals surface area (Å²) in [5, 5.41) is 6.65. The van der Waals surface area contributed by atoms with Gasteiger partial charge < -0.3 is 15.5 Å². The van der Waals surface area contributed by atoms with Crippen LogP contribution in [0.4, 0.5) is 4.39 Å². The second kappa shape index (κ2) is 9.71. The second-order valence-corrected chi connectivity index (χ2v) is 7.82. The van der Waals surface area contributed by atoms with Gasteiger partial charge in [-0.15, -0.1) is 24.0 Å². The molecule has 0 radical (unpaired) electrons. The Balaban J connectivity index is 0.00000261. The van der Waals surface area contributed by atoms with Crippen LogP contribution in [-0.2, 0) is 11.3 Å². The molecule has 2 aliphatic carbocycles. The summed E-state index contributed by atoms with van der Waals surface area (Å²) in [5.74, 6) is 1.95. The van der Waals surface area contributed by atoms with Gasteiger partial charge in [0.2, 0.25) is 5.91 Å². The molecule has 7 heteroatoms. The number of guanidine groups is 1. The Hall–Kier alpha value is -1.38. The molecule has 150 valence electrons. The molecule has 2 aliphatic rings. The van der Waals surface area contributed by atoms with Crippen LogP contribution < -0.4 is 10.6 Å². The van der Waals surface area contributed by atoms with Gasteiger partial charge in [0.05, 0.1) is 13.1 Å². The summed E-state index contributed by atoms with van der Waals surface area (Å²) in [5.41, 5.74) is 1.45. The monoisotopic (exact) mass is 488 g/mol. The summed E-state index contributed by atoms with van der Waals surface area (Å²) in [4.78, 5) is 18.1. The van der Waals surface area contributed by atoms with E-state index in [4.69, 9.17) is 0 Å². The first-order valence-electron chi connectivity index (χ1n) is 9.42. The highest BCUT2D eigenvalue weighted by Gasteiger charge is 2.39. The van der Waals surface area contributed by atoms with Crippen molar-refractivity contribution < 1.29 is 9.18 Å². The molecular weight excluding hydrogens is 458 g/mol. The van der Waals surface area contributed by atoms with Gasteiger partial charge >= 0.3 is 0 Å². The fraction of sp³-hybridized carbons (Fsp3) is 0.600. The average Bonchev–Trinajstić information content (AvgIpc) is 3.22. The lowest BCUT2D eigenvalue weighted by Crippen LogP contribution is -2.48. The van der Waals surface area contributed by atoms with Gasteiger partial charge in [0.15, 0.2) is 5.96 Å². The van der Waals surface area contributed by atoms with E-state index >= 15 is 0 Å². The zero-order chi connectivity index (χ0) is 18.7. The van der Waals surface area contributed by atoms with Crippen LogP contribution in [-0.4, -0.2) is 43.4 Å². The van der Waals surface area contributed by atoms with Crippen LogP contribution in [0.15, 0.2) is 23.2 Å². The molecule has 2 N–H and O–H groups in total. The number of nitrogens with zero attached hydrogens (tertiary/aromatic N) is 2. The van der Waals surface area contributed by atoms with Crippen molar-refractivity contribution in [3.63, 3.8) is 0 Å². The van der Waals surface area contributed by atoms with E-state index in [2.05, 4.69) is 15.6 Å². The standard InChI is InChI=1S/C20H29FN4O.HI/c1-13-4-5-15(9-17(13)21)11-22-20(23-12-19(26)25(2)3)24-18-10-14-6-7-16(18)8-14;/h4-5,9,14,16,18H,6-8,10-12H2,1-3H3,(H2,22,23,24);1H. The molecule has 2 fully saturated rings. The number of nitrogens with one attached hydrogen (secondary N) is 2. The number of aryl methyl sites for hydroxylation is 1. The molecule has 0 spiro atoms. The summed E-state index contributed by atoms with van der Waals surface area (Å²) in [6.45, 7) is 2.32. The van der Waals surface area contributed by atoms with E-state index in [0.29, 0.717) is 30.0 Å². The molecule has 3 rings (SSSR count). The Bertz CT molecular complexity index is 695. The van der Waals surface area contributed by atoms with E-state index in [1.807, 2.05) is 6.07 Å². The predicted octanol–water partition coefficient (Wildman–Crippen LogP) is 3.06. The van der Waals surface area contributed by atoms with Crippen molar-refractivity contribution in [3.8, 4) is 0 Å². The SMILES string of the molecule is Cc1ccc(CN=C(NCC(=O)N(C)C)NC2CC3CCC2C3)cc1F.I. The van der Waals surface area contributed by atoms with Crippen molar-refractivity contribution in [2.75, 3.05) is 20.6 Å². The van der Waals surface area contributed by atoms with Gasteiger partial charge in [-0.3, -0.25) is 4.79 Å². The van der Waals surface area contributed by atoms with E-state index in [0.717, 1.165) is 11.5 Å². The molecule has 1 aromatic carbocycles. The second-order valence-electron chi connectivity index (χ2n) is 7.82. The number of likely N-dealkylation sites (N-methyl/N-ethyl adjacent to an activating group) is 1. The van der Waals surface area contributed by atoms with Crippen LogP contribution in [0.1, 0.15) is 36.8 Å². The fourth-order valence-corrected chi connectivity index (χ4v) is 3.97. The molecule has 2 bridgehead atoms. The quantitative estimate of drug-likeness (QED) is 0.381. The number of amides is 1. The molecule has 1 amide bonds. The fourth-order valence-electron chi connectivity index (χ4n) is 3.97. The molecule has 2 saturated carbocycles. The largest absolute Gasteiger partial charge is 0.353 e. The maximum atomic E-state index is 13.7. The predicted molar refractivity (Wildman–Crippen MR) is 117 cm³/mol. The number of hydrogen-bond acceptors (Lipinski definition) is 2. The normalized spacial score (nSPS) is 23.7. The van der Waals surface area contributed by atoms with Crippen molar-refractivity contribution in [3.05, 3.63) is 35.1 Å². The minimum Gasteiger partial charge on any atom is -0.353 e. The smallest absolute Gasteiger partial charge is 0.241 e. The Morgan fingerprint density at radius 1 is 1.30 bits per heavy atom. The third-order valence-corrected chi connectivity index (χ3v) is 5.62. The lowest BCUT2D eigenvalue weighted by atomic mass is 9.95. The zero-order valence-electron chi connectivity index (χ0n) is 16.3. The summed E-state index contributed by atoms with van der Waals surface area (Å²) in [7, 11) is 3.47. The molecule has 5 nitrogen and oxygen atoms in total. The van der Waals surface area contributed by atoms with Gasteiger partial charge in [-0.25, -0.2) is 9.38 Å². The number of aliphatic imine (C=N–C) groups is 1. The number of benzene rings is 1. The highest BCUT2D eigenvalue weighted by atomic mass is 127. The molecule has 0 aliphatic heterocycles. The number of rotatable bonds is 5. The highest BCUT2D eigenvalue weighted by Crippen LogP contribution is 2.44. The van der Waals surface area contributed by atoms with Crippen LogP contribution in [0.5, 0.6) is 0 Å². The Kier molecular flexibility index (Phi) is 7.88. The Morgan fingerprint density at radius 2 is 2.07 bits per heavy atom. The summed E-state index contributed by atoms with van der Waals surface area (Å²) >= 11 is 0. The van der Waals surface area contributed by atoms with Crippen molar-refractivity contribution in [1.29, 1.82) is 0 Å². The number of fused-ring (bicyclic) bond motifs is 2. The number of carbonyl (C=O) groups excluding carboxylic acids is 1. The average molecular weight is 488 g/mol. The maximum absolute atomic E-state index is 13.7. The number of carbonyl (C=O) groups is 1. The van der Waals surface area contributed by atoms with Gasteiger partial charge in [-0.2, -0.15) is 0 Å². The molecule has 0 saturated heterocycles. The van der Waals surface area contributed by atoms with Gasteiger partial charge in [-0.1, -0.05) is 18.6 Å². The van der Waals surface area contributed by atoms with E-state index in [-0.39, 0.29) is 42.2 Å². The third-order valence-electron chi connectivity index (χ3n) is 5.62. The first-order valence-corrected chi connectivity index (χ1v) is 9.42. The van der Waals surface area contributed by atoms with Gasteiger partial charge in [0.1, 0.15) is 5.82 Å². The minimum atomic E-state index is -0.212. The summed E-state index contributed by atoms with van der Waals surface area (Å²) in [6, 6.07) is 5.61. The maximum Gasteiger partial charge on any atom is 0.241 e. The molecule has 3 atom stereocenters. The molecular formula is C20H30FIN4O. The van der Waals surface area contributed by atoms with Crippen LogP contribution in [0, 0.1) is 24.6 Å². The van der Waals surface area contributed by atoms with Crippen LogP contribution in [0.2, 0.25) is 0 Å². The Morgan fingerprint density at radius 3 is 2.67 bits per heavy atom. The third kappa shape index (κ3) is 5.80. The first-order chi connectivity index (χ1) is 12.4. The molecule has 3 unspecified atom stereocenters. The van der Waals surface area contributed by atoms with E-state index < -0.39 is 0 Å². The van der Waals surface area contributed by atoms with Crippen LogP contribution >= 0.6 is 24.0 Å². The van der Waals surface area contributed by atoms with Gasteiger partial charge in [0, 0.05) is 20.1 Å². The molecule has 0 heterocycles. The van der Waals surface area contributed by atoms with E-state index in [9.17, 15) is 9.18 Å². The van der Waals surface area contributed by atoms with Crippen molar-refractivity contribution in [2.45, 2.75) is 45.2 Å². The highest BCUT2D eigenvalue weighted by molar-refractivity contribution is 14.0. The Labute approximate surface area is 178 Å². The van der Waals surface area contributed by atoms with Gasteiger partial charge in [0.25, 0.3) is 0 Å². The van der Waals surface area contributed by atoms with Crippen molar-refractivity contribution >= 4 is 35.8 Å². The van der Waals surface area contributed by atoms with E-state index in [1.54, 1.807) is 32.0 Å². The molecule has 1 aromatic rings. The zero-order valence-corrected chi connectivity index (χ0v) is 18.6. The minimum absolute atomic E-state index is 0. The first kappa shape index (κ1) is 21.9.